The second kappa shape index (κ2) is 8.02. The molecule has 0 saturated carbocycles. The number of pyridine rings is 1. The number of carbonyl (C=O) groups is 1. The van der Waals surface area contributed by atoms with E-state index in [1.807, 2.05) is 18.2 Å². The molecule has 0 bridgehead atoms. The summed E-state index contributed by atoms with van der Waals surface area (Å²) in [7, 11) is 0. The lowest BCUT2D eigenvalue weighted by molar-refractivity contribution is -0.116. The molecular weight excluding hydrogens is 326 g/mol. The fourth-order valence-corrected chi connectivity index (χ4v) is 2.80. The fourth-order valence-electron chi connectivity index (χ4n) is 2.80. The lowest BCUT2D eigenvalue weighted by atomic mass is 10.2. The molecule has 1 aliphatic rings. The van der Waals surface area contributed by atoms with Gasteiger partial charge in [0.05, 0.1) is 0 Å². The maximum absolute atomic E-state index is 13.1. The maximum Gasteiger partial charge on any atom is 0.225 e. The molecule has 0 atom stereocenters. The van der Waals surface area contributed by atoms with E-state index in [0.29, 0.717) is 13.0 Å². The highest BCUT2D eigenvalue weighted by Crippen LogP contribution is 2.14. The zero-order valence-corrected chi connectivity index (χ0v) is 13.8. The van der Waals surface area contributed by atoms with Crippen LogP contribution in [0.5, 0.6) is 0 Å². The number of piperazine rings is 1. The summed E-state index contributed by atoms with van der Waals surface area (Å²) in [5.74, 6) is -1.14. The quantitative estimate of drug-likeness (QED) is 0.904. The van der Waals surface area contributed by atoms with Crippen molar-refractivity contribution in [3.05, 3.63) is 54.2 Å². The van der Waals surface area contributed by atoms with Crippen LogP contribution in [0.4, 0.5) is 20.3 Å². The second-order valence-electron chi connectivity index (χ2n) is 5.94. The molecule has 1 N–H and O–H groups in total. The smallest absolute Gasteiger partial charge is 0.225 e. The zero-order valence-electron chi connectivity index (χ0n) is 13.8. The van der Waals surface area contributed by atoms with Crippen LogP contribution in [-0.2, 0) is 4.79 Å². The molecule has 7 heteroatoms. The van der Waals surface area contributed by atoms with Crippen molar-refractivity contribution in [3.8, 4) is 0 Å². The molecule has 1 saturated heterocycles. The minimum absolute atomic E-state index is 0.210. The molecule has 0 aliphatic carbocycles. The van der Waals surface area contributed by atoms with Gasteiger partial charge in [0, 0.05) is 57.1 Å². The van der Waals surface area contributed by atoms with Gasteiger partial charge in [-0.15, -0.1) is 0 Å². The van der Waals surface area contributed by atoms with Gasteiger partial charge in [0.2, 0.25) is 5.91 Å². The van der Waals surface area contributed by atoms with Crippen LogP contribution in [0.3, 0.4) is 0 Å². The standard InChI is InChI=1S/C18H20F2N4O/c19-15-5-4-14(13-16(15)20)22-18(25)6-8-23-9-11-24(12-10-23)17-3-1-2-7-21-17/h1-5,7,13H,6,8-12H2,(H,22,25). The maximum atomic E-state index is 13.1. The number of hydrogen-bond donors (Lipinski definition) is 1. The molecule has 0 unspecified atom stereocenters. The molecule has 3 rings (SSSR count). The van der Waals surface area contributed by atoms with Crippen LogP contribution < -0.4 is 10.2 Å². The largest absolute Gasteiger partial charge is 0.354 e. The Balaban J connectivity index is 1.42. The van der Waals surface area contributed by atoms with Crippen molar-refractivity contribution in [1.82, 2.24) is 9.88 Å². The van der Waals surface area contributed by atoms with Gasteiger partial charge >= 0.3 is 0 Å². The number of carbonyl (C=O) groups excluding carboxylic acids is 1. The molecule has 1 fully saturated rings. The van der Waals surface area contributed by atoms with Crippen LogP contribution in [-0.4, -0.2) is 48.5 Å². The first kappa shape index (κ1) is 17.3. The van der Waals surface area contributed by atoms with Gasteiger partial charge in [-0.05, 0) is 24.3 Å². The predicted octanol–water partition coefficient (Wildman–Crippen LogP) is 2.51. The SMILES string of the molecule is O=C(CCN1CCN(c2ccccn2)CC1)Nc1ccc(F)c(F)c1. The minimum Gasteiger partial charge on any atom is -0.354 e. The summed E-state index contributed by atoms with van der Waals surface area (Å²) >= 11 is 0. The van der Waals surface area contributed by atoms with Crippen LogP contribution in [0.15, 0.2) is 42.6 Å². The summed E-state index contributed by atoms with van der Waals surface area (Å²) < 4.78 is 26.0. The molecule has 2 aromatic rings. The molecule has 0 spiro atoms. The van der Waals surface area contributed by atoms with Crippen molar-refractivity contribution >= 4 is 17.4 Å². The van der Waals surface area contributed by atoms with E-state index in [4.69, 9.17) is 0 Å². The van der Waals surface area contributed by atoms with Crippen LogP contribution in [0.1, 0.15) is 6.42 Å². The number of amides is 1. The van der Waals surface area contributed by atoms with E-state index in [1.54, 1.807) is 6.20 Å². The Morgan fingerprint density at radius 1 is 1.08 bits per heavy atom. The van der Waals surface area contributed by atoms with E-state index in [9.17, 15) is 13.6 Å². The Hall–Kier alpha value is -2.54. The van der Waals surface area contributed by atoms with E-state index in [1.165, 1.54) is 6.07 Å². The second-order valence-corrected chi connectivity index (χ2v) is 5.94. The molecule has 25 heavy (non-hydrogen) atoms. The molecule has 1 aromatic carbocycles. The number of halogens is 2. The average Bonchev–Trinajstić information content (AvgIpc) is 2.64. The summed E-state index contributed by atoms with van der Waals surface area (Å²) in [6.07, 6.45) is 2.09. The molecule has 1 amide bonds. The summed E-state index contributed by atoms with van der Waals surface area (Å²) in [6.45, 7) is 4.07. The normalized spacial score (nSPS) is 15.2. The Kier molecular flexibility index (Phi) is 5.55. The molecule has 132 valence electrons. The molecule has 1 aliphatic heterocycles. The average molecular weight is 346 g/mol. The van der Waals surface area contributed by atoms with Crippen molar-refractivity contribution in [2.24, 2.45) is 0 Å². The topological polar surface area (TPSA) is 48.5 Å². The molecule has 5 nitrogen and oxygen atoms in total. The van der Waals surface area contributed by atoms with Crippen molar-refractivity contribution in [1.29, 1.82) is 0 Å². The van der Waals surface area contributed by atoms with Gasteiger partial charge in [0.25, 0.3) is 0 Å². The van der Waals surface area contributed by atoms with E-state index < -0.39 is 11.6 Å². The minimum atomic E-state index is -0.969. The zero-order chi connectivity index (χ0) is 17.6. The van der Waals surface area contributed by atoms with Crippen molar-refractivity contribution in [2.75, 3.05) is 42.9 Å². The summed E-state index contributed by atoms with van der Waals surface area (Å²) in [6, 6.07) is 9.19. The Bertz CT molecular complexity index is 718. The third-order valence-electron chi connectivity index (χ3n) is 4.20. The fraction of sp³-hybridized carbons (Fsp3) is 0.333. The number of anilines is 2. The molecule has 1 aromatic heterocycles. The van der Waals surface area contributed by atoms with E-state index >= 15 is 0 Å². The number of benzene rings is 1. The van der Waals surface area contributed by atoms with Crippen molar-refractivity contribution in [3.63, 3.8) is 0 Å². The summed E-state index contributed by atoms with van der Waals surface area (Å²) in [4.78, 5) is 20.7. The van der Waals surface area contributed by atoms with Gasteiger partial charge in [-0.2, -0.15) is 0 Å². The van der Waals surface area contributed by atoms with Gasteiger partial charge in [-0.25, -0.2) is 13.8 Å². The third-order valence-corrected chi connectivity index (χ3v) is 4.20. The third kappa shape index (κ3) is 4.73. The number of nitrogens with one attached hydrogen (secondary N) is 1. The number of aromatic nitrogens is 1. The summed E-state index contributed by atoms with van der Waals surface area (Å²) in [5, 5.41) is 2.59. The monoisotopic (exact) mass is 346 g/mol. The lowest BCUT2D eigenvalue weighted by Gasteiger charge is -2.35. The highest BCUT2D eigenvalue weighted by Gasteiger charge is 2.18. The first-order valence-corrected chi connectivity index (χ1v) is 8.25. The predicted molar refractivity (Wildman–Crippen MR) is 92.5 cm³/mol. The van der Waals surface area contributed by atoms with Crippen molar-refractivity contribution in [2.45, 2.75) is 6.42 Å². The highest BCUT2D eigenvalue weighted by atomic mass is 19.2. The van der Waals surface area contributed by atoms with E-state index in [2.05, 4.69) is 20.1 Å². The van der Waals surface area contributed by atoms with Gasteiger partial charge in [0.1, 0.15) is 5.82 Å². The Morgan fingerprint density at radius 2 is 1.88 bits per heavy atom. The van der Waals surface area contributed by atoms with Gasteiger partial charge in [0.15, 0.2) is 11.6 Å². The molecule has 2 heterocycles. The van der Waals surface area contributed by atoms with Crippen LogP contribution >= 0.6 is 0 Å². The van der Waals surface area contributed by atoms with Gasteiger partial charge in [-0.3, -0.25) is 9.69 Å². The summed E-state index contributed by atoms with van der Waals surface area (Å²) in [5.41, 5.74) is 0.267. The van der Waals surface area contributed by atoms with Gasteiger partial charge < -0.3 is 10.2 Å². The van der Waals surface area contributed by atoms with Crippen LogP contribution in [0.25, 0.3) is 0 Å². The van der Waals surface area contributed by atoms with E-state index in [-0.39, 0.29) is 11.6 Å². The van der Waals surface area contributed by atoms with Gasteiger partial charge in [-0.1, -0.05) is 6.07 Å². The highest BCUT2D eigenvalue weighted by molar-refractivity contribution is 5.90. The van der Waals surface area contributed by atoms with Crippen molar-refractivity contribution < 1.29 is 13.6 Å². The Morgan fingerprint density at radius 3 is 2.56 bits per heavy atom. The lowest BCUT2D eigenvalue weighted by Crippen LogP contribution is -2.47. The number of rotatable bonds is 5. The first-order valence-electron chi connectivity index (χ1n) is 8.25. The van der Waals surface area contributed by atoms with Crippen LogP contribution in [0, 0.1) is 11.6 Å². The number of nitrogens with zero attached hydrogens (tertiary/aromatic N) is 3. The van der Waals surface area contributed by atoms with Crippen LogP contribution in [0.2, 0.25) is 0 Å². The molecular formula is C18H20F2N4O. The first-order chi connectivity index (χ1) is 12.1. The van der Waals surface area contributed by atoms with E-state index in [0.717, 1.165) is 44.1 Å². The Labute approximate surface area is 145 Å². The number of hydrogen-bond acceptors (Lipinski definition) is 4. The molecule has 0 radical (unpaired) electrons.